The maximum Gasteiger partial charge on any atom is 0.437 e. The van der Waals surface area contributed by atoms with E-state index in [1.165, 1.54) is 43.0 Å². The molecule has 2 aromatic heterocycles. The number of unbranched alkanes of at least 4 members (excludes halogenated alkanes) is 2. The average Bonchev–Trinajstić information content (AvgIpc) is 1.34. The molecule has 6 aromatic rings. The molecule has 0 saturated heterocycles. The largest absolute Gasteiger partial charge is 0.744 e. The molecule has 43 heteroatoms. The van der Waals surface area contributed by atoms with Crippen LogP contribution >= 0.6 is 0 Å². The van der Waals surface area contributed by atoms with Gasteiger partial charge in [0.05, 0.1) is 61.4 Å². The number of carbonyl (C=O) groups is 8. The van der Waals surface area contributed by atoms with Gasteiger partial charge in [0.2, 0.25) is 35.4 Å². The monoisotopic (exact) mass is 1750 g/mol. The number of nitrogens with two attached hydrogens (primary N) is 1. The van der Waals surface area contributed by atoms with Gasteiger partial charge in [-0.25, -0.2) is 34.7 Å². The predicted molar refractivity (Wildman–Crippen MR) is 437 cm³/mol. The Morgan fingerprint density at radius 2 is 1.38 bits per heavy atom. The van der Waals surface area contributed by atoms with E-state index in [9.17, 15) is 92.5 Å². The molecule has 4 aromatic carbocycles. The van der Waals surface area contributed by atoms with Crippen molar-refractivity contribution < 1.29 is 96.8 Å². The summed E-state index contributed by atoms with van der Waals surface area (Å²) in [5.74, 6) is -6.94. The van der Waals surface area contributed by atoms with Crippen LogP contribution in [0.25, 0.3) is 22.5 Å². The van der Waals surface area contributed by atoms with Crippen molar-refractivity contribution in [2.75, 3.05) is 24.6 Å². The molecule has 0 saturated carbocycles. The van der Waals surface area contributed by atoms with Crippen LogP contribution in [0.2, 0.25) is 0 Å². The average molecular weight is 1750 g/mol. The molecule has 0 radical (unpaired) electrons. The molecule has 6 aliphatic rings. The number of amides is 7. The van der Waals surface area contributed by atoms with Crippen LogP contribution in [0, 0.1) is 22.0 Å². The van der Waals surface area contributed by atoms with Gasteiger partial charge in [0.15, 0.2) is 11.7 Å². The number of hydrogen-bond acceptors (Lipinski definition) is 29. The van der Waals surface area contributed by atoms with Gasteiger partial charge in [-0.05, 0) is 122 Å². The number of allylic oxidation sites excluding steroid dienone is 8. The van der Waals surface area contributed by atoms with E-state index in [0.29, 0.717) is 63.9 Å². The molecule has 12 rings (SSSR count). The molecule has 9 N–H and O–H groups in total. The lowest BCUT2D eigenvalue weighted by molar-refractivity contribution is -0.386. The van der Waals surface area contributed by atoms with Gasteiger partial charge < -0.3 is 65.5 Å². The highest BCUT2D eigenvalue weighted by Gasteiger charge is 2.45. The van der Waals surface area contributed by atoms with E-state index in [4.69, 9.17) is 15.2 Å². The maximum absolute atomic E-state index is 14.8. The molecule has 0 bridgehead atoms. The van der Waals surface area contributed by atoms with Gasteiger partial charge in [-0.2, -0.15) is 5.10 Å². The number of hydrogen-bond donors (Lipinski definition) is 8. The summed E-state index contributed by atoms with van der Waals surface area (Å²) in [6, 6.07) is 23.9. The van der Waals surface area contributed by atoms with Crippen molar-refractivity contribution in [1.82, 2.24) is 67.0 Å². The number of nitrogens with zero attached hydrogens (tertiary/aromatic N) is 11. The first-order chi connectivity index (χ1) is 58.5. The number of nitro benzene ring substituents is 1. The van der Waals surface area contributed by atoms with Crippen LogP contribution in [0.3, 0.4) is 0 Å². The number of fused-ring (bicyclic) bond motifs is 5. The van der Waals surface area contributed by atoms with E-state index >= 15 is 0 Å². The zero-order chi connectivity index (χ0) is 88.4. The van der Waals surface area contributed by atoms with Crippen molar-refractivity contribution >= 4 is 101 Å². The number of ether oxygens (including phenoxy) is 2. The Bertz CT molecular complexity index is 5870. The molecule has 4 heterocycles. The van der Waals surface area contributed by atoms with E-state index in [0.717, 1.165) is 29.3 Å². The van der Waals surface area contributed by atoms with Crippen LogP contribution in [0.4, 0.5) is 16.2 Å². The minimum atomic E-state index is -5.47. The minimum absolute atomic E-state index is 0.0150. The SMILES string of the molecule is CC(C)C[C@@H](N)C(=O)N[C@@H](CCCCn1nnc2c1-c1ccccc1N(C(=O)CCNC(=O)COC1C=C(S(=O)(=O)[O-])C3=C4C1=CC=C1C(S(=O)(=O)[O-])=CC(S(=O)(=O)[O-])=C(C=C3)C14)Cc1ccccc1-2)C(=O)N[C@@H](CCCCn1cc(CCC2=NNC(c3ccccc3)=NN2C(=O)OC(C)c2ccccc2[N+](=O)[O-])nn1)C(=O)NCC(=O)N[C@@H](C)C(=O)O. The Morgan fingerprint density at radius 3 is 2.09 bits per heavy atom. The van der Waals surface area contributed by atoms with Gasteiger partial charge >= 0.3 is 12.1 Å². The summed E-state index contributed by atoms with van der Waals surface area (Å²) in [5, 5.41) is 62.0. The number of anilines is 1. The van der Waals surface area contributed by atoms with Gasteiger partial charge in [-0.1, -0.05) is 134 Å². The third-order valence-electron chi connectivity index (χ3n) is 20.8. The number of carboxylic acid groups (broad SMARTS) is 1. The number of nitrogens with one attached hydrogen (secondary N) is 6. The number of nitro groups is 1. The lowest BCUT2D eigenvalue weighted by atomic mass is 9.68. The second-order valence-corrected chi connectivity index (χ2v) is 33.9. The van der Waals surface area contributed by atoms with Crippen molar-refractivity contribution in [2.45, 2.75) is 148 Å². The molecule has 3 unspecified atom stereocenters. The highest BCUT2D eigenvalue weighted by molar-refractivity contribution is 7.91. The number of aryl methyl sites for hydroxylation is 3. The van der Waals surface area contributed by atoms with Crippen molar-refractivity contribution in [2.24, 2.45) is 27.8 Å². The Kier molecular flexibility index (Phi) is 27.9. The number of carboxylic acids is 1. The highest BCUT2D eigenvalue weighted by Crippen LogP contribution is 2.54. The zero-order valence-corrected chi connectivity index (χ0v) is 69.0. The van der Waals surface area contributed by atoms with E-state index in [1.807, 2.05) is 26.0 Å². The van der Waals surface area contributed by atoms with Crippen molar-refractivity contribution in [1.29, 1.82) is 0 Å². The third-order valence-corrected chi connectivity index (χ3v) is 23.5. The molecule has 4 aliphatic carbocycles. The molecule has 7 atom stereocenters. The highest BCUT2D eigenvalue weighted by atomic mass is 32.2. The van der Waals surface area contributed by atoms with E-state index in [1.54, 1.807) is 88.4 Å². The Labute approximate surface area is 704 Å². The van der Waals surface area contributed by atoms with Crippen LogP contribution in [-0.4, -0.2) is 193 Å². The summed E-state index contributed by atoms with van der Waals surface area (Å²) >= 11 is 0. The number of aliphatic carboxylic acids is 1. The molecule has 648 valence electrons. The van der Waals surface area contributed by atoms with E-state index in [2.05, 4.69) is 62.8 Å². The summed E-state index contributed by atoms with van der Waals surface area (Å²) in [6.45, 7) is 5.10. The van der Waals surface area contributed by atoms with Gasteiger partial charge in [0, 0.05) is 73.8 Å². The molecular formula is C80H85N18O22S3-3. The lowest BCUT2D eigenvalue weighted by Gasteiger charge is -2.42. The summed E-state index contributed by atoms with van der Waals surface area (Å²) in [6.07, 6.45) is 5.20. The minimum Gasteiger partial charge on any atom is -0.744 e. The number of carbonyl (C=O) groups excluding carboxylic acids is 7. The van der Waals surface area contributed by atoms with Gasteiger partial charge in [-0.15, -0.1) is 20.3 Å². The van der Waals surface area contributed by atoms with Crippen molar-refractivity contribution in [3.8, 4) is 22.5 Å². The Balaban J connectivity index is 0.699. The topological polar surface area (TPSA) is 581 Å². The van der Waals surface area contributed by atoms with Crippen LogP contribution in [0.1, 0.15) is 114 Å². The lowest BCUT2D eigenvalue weighted by Crippen LogP contribution is -2.56. The second-order valence-electron chi connectivity index (χ2n) is 29.8. The first-order valence-electron chi connectivity index (χ1n) is 39.0. The number of aromatic nitrogens is 6. The molecule has 7 amide bonds. The van der Waals surface area contributed by atoms with Crippen LogP contribution < -0.4 is 42.6 Å². The number of rotatable bonds is 37. The summed E-state index contributed by atoms with van der Waals surface area (Å²) in [4.78, 5) is 119. The molecule has 0 spiro atoms. The summed E-state index contributed by atoms with van der Waals surface area (Å²) in [5.41, 5.74) is 12.4. The number of amidine groups is 2. The molecule has 123 heavy (non-hydrogen) atoms. The fourth-order valence-electron chi connectivity index (χ4n) is 14.9. The van der Waals surface area contributed by atoms with Crippen LogP contribution in [0.15, 0.2) is 199 Å². The third kappa shape index (κ3) is 21.3. The van der Waals surface area contributed by atoms with Crippen LogP contribution in [-0.2, 0) is 99.4 Å². The van der Waals surface area contributed by atoms with E-state index < -0.39 is 153 Å². The molecule has 2 aliphatic heterocycles. The van der Waals surface area contributed by atoms with Crippen molar-refractivity contribution in [3.63, 3.8) is 0 Å². The fourth-order valence-corrected chi connectivity index (χ4v) is 17.1. The first kappa shape index (κ1) is 89.4. The van der Waals surface area contributed by atoms with Crippen molar-refractivity contribution in [3.05, 3.63) is 221 Å². The van der Waals surface area contributed by atoms with Crippen LogP contribution in [0.5, 0.6) is 0 Å². The van der Waals surface area contributed by atoms with Gasteiger partial charge in [0.1, 0.15) is 73.0 Å². The maximum atomic E-state index is 14.8. The number of hydrazone groups is 2. The quantitative estimate of drug-likeness (QED) is 0.0116. The molecular weight excluding hydrogens is 1660 g/mol. The second kappa shape index (κ2) is 38.4. The fraction of sp³-hybridized carbons (Fsp3) is 0.350. The molecule has 0 fully saturated rings. The number of para-hydroxylation sites is 2. The van der Waals surface area contributed by atoms with Gasteiger partial charge in [0.25, 0.3) is 5.69 Å². The zero-order valence-electron chi connectivity index (χ0n) is 66.5. The predicted octanol–water partition coefficient (Wildman–Crippen LogP) is 4.38. The first-order valence-corrected chi connectivity index (χ1v) is 43.2. The van der Waals surface area contributed by atoms with Gasteiger partial charge in [-0.3, -0.25) is 53.8 Å². The Morgan fingerprint density at radius 1 is 0.715 bits per heavy atom. The summed E-state index contributed by atoms with van der Waals surface area (Å²) in [7, 11) is -16.3. The Hall–Kier alpha value is -12.9. The molecule has 40 nitrogen and oxygen atoms in total. The standard InChI is InChI=1S/C80H88N18O22S3/c1-45(2)38-58(81)76(102)85-60(78(104)86-59(77(103)83-41-68(99)84-46(3)79(105)106)24-14-16-36-94-43-50(87-92-94)28-33-67-88-90-75(48-18-6-5-7-19-48)91-97(67)80(107)120-47(4)51-21-10-13-27-62(51)98(108)109)25-15-17-37-96-74-53-23-11-12-26-61(53)95(42-49-20-8-9-22-52(49)73(74)89-93-96)70(101)34-35-82-69(100)44-119-63-39-64(121(110,111)112)55-31-32-57-66(123(116,117)118)40-65(122(113,114)115)56-30-29-54(63)71(55)72(56)57/h5-13,18-23,26-27,29-32,39-40,43,45-47,58-60,63,72H,14-17,24-25,28,33-38,41-42,44,81H2,1-4H3,(H,82,100)(H,83,103)(H,84,99)(H,85,102)(H,86,104)(H,90,91)(H,105,106)(H,110,111,112)(H,113,114,115)(H,116,117,118)/p-3/t46-,47?,58+,59-,60-,63?,72?/m0/s1. The smallest absolute Gasteiger partial charge is 0.437 e. The normalized spacial score (nSPS) is 17.1. The van der Waals surface area contributed by atoms with E-state index in [-0.39, 0.29) is 134 Å². The number of benzene rings is 4. The summed E-state index contributed by atoms with van der Waals surface area (Å²) < 4.78 is 128.